The van der Waals surface area contributed by atoms with Gasteiger partial charge in [-0.05, 0) is 23.6 Å². The predicted octanol–water partition coefficient (Wildman–Crippen LogP) is 1.45. The van der Waals surface area contributed by atoms with Crippen LogP contribution in [0.5, 0.6) is 0 Å². The first kappa shape index (κ1) is 20.2. The molecular weight excluding hydrogens is 391 g/mol. The number of halogens is 3. The summed E-state index contributed by atoms with van der Waals surface area (Å²) in [6.07, 6.45) is -4.95. The second-order valence-corrected chi connectivity index (χ2v) is 6.00. The molecule has 0 spiro atoms. The maximum absolute atomic E-state index is 13.1. The Hall–Kier alpha value is -3.15. The van der Waals surface area contributed by atoms with Gasteiger partial charge in [0.2, 0.25) is 5.91 Å². The van der Waals surface area contributed by atoms with E-state index in [2.05, 4.69) is 10.1 Å². The van der Waals surface area contributed by atoms with Crippen LogP contribution in [-0.4, -0.2) is 29.5 Å². The van der Waals surface area contributed by atoms with Crippen molar-refractivity contribution in [3.63, 3.8) is 0 Å². The zero-order chi connectivity index (χ0) is 20.4. The highest BCUT2D eigenvalue weighted by Gasteiger charge is 2.35. The van der Waals surface area contributed by atoms with Gasteiger partial charge in [-0.25, -0.2) is 4.79 Å². The number of thiophene rings is 1. The summed E-state index contributed by atoms with van der Waals surface area (Å²) in [5.74, 6) is -2.99. The summed E-state index contributed by atoms with van der Waals surface area (Å²) < 4.78 is 44.0. The van der Waals surface area contributed by atoms with E-state index in [1.165, 1.54) is 11.4 Å². The number of pyridine rings is 1. The minimum absolute atomic E-state index is 0.0181. The third-order valence-electron chi connectivity index (χ3n) is 3.34. The van der Waals surface area contributed by atoms with Crippen LogP contribution in [0.3, 0.4) is 0 Å². The second-order valence-electron chi connectivity index (χ2n) is 5.09. The van der Waals surface area contributed by atoms with Crippen LogP contribution in [-0.2, 0) is 22.3 Å². The van der Waals surface area contributed by atoms with Crippen LogP contribution in [0.15, 0.2) is 28.4 Å². The molecule has 0 aliphatic rings. The van der Waals surface area contributed by atoms with Gasteiger partial charge in [-0.1, -0.05) is 0 Å². The lowest BCUT2D eigenvalue weighted by molar-refractivity contribution is -0.144. The predicted molar refractivity (Wildman–Crippen MR) is 88.5 cm³/mol. The van der Waals surface area contributed by atoms with Crippen molar-refractivity contribution in [3.8, 4) is 0 Å². The van der Waals surface area contributed by atoms with Gasteiger partial charge in [0.05, 0.1) is 12.8 Å². The summed E-state index contributed by atoms with van der Waals surface area (Å²) in [7, 11) is 1.12. The Labute approximate surface area is 153 Å². The molecule has 12 heteroatoms. The highest BCUT2D eigenvalue weighted by molar-refractivity contribution is 7.12. The van der Waals surface area contributed by atoms with E-state index in [1.54, 1.807) is 0 Å². The molecule has 0 bridgehead atoms. The Kier molecular flexibility index (Phi) is 5.69. The van der Waals surface area contributed by atoms with E-state index >= 15 is 0 Å². The average Bonchev–Trinajstić information content (AvgIpc) is 3.02. The molecule has 2 aromatic heterocycles. The van der Waals surface area contributed by atoms with Crippen LogP contribution >= 0.6 is 11.3 Å². The number of amides is 2. The fourth-order valence-corrected chi connectivity index (χ4v) is 2.93. The number of carbonyl (C=O) groups excluding carboxylic acids is 3. The van der Waals surface area contributed by atoms with E-state index < -0.39 is 47.3 Å². The van der Waals surface area contributed by atoms with Crippen molar-refractivity contribution in [3.05, 3.63) is 50.1 Å². The topological polar surface area (TPSA) is 120 Å². The third-order valence-corrected chi connectivity index (χ3v) is 4.24. The molecule has 0 fully saturated rings. The van der Waals surface area contributed by atoms with Gasteiger partial charge in [0, 0.05) is 0 Å². The molecule has 0 aromatic carbocycles. The van der Waals surface area contributed by atoms with E-state index in [4.69, 9.17) is 5.73 Å². The Morgan fingerprint density at radius 3 is 2.48 bits per heavy atom. The first-order valence-corrected chi connectivity index (χ1v) is 8.00. The molecule has 0 aliphatic heterocycles. The standard InChI is InChI=1S/C15H12F3N3O5S/c1-26-14(25)11-8(4-5-27-11)20-10(22)6-21-9(15(16,17)18)3-2-7(12(19)23)13(21)24/h2-5H,6H2,1H3,(H2,19,23)(H,20,22). The summed E-state index contributed by atoms with van der Waals surface area (Å²) in [5, 5.41) is 3.70. The number of methoxy groups -OCH3 is 1. The van der Waals surface area contributed by atoms with Crippen LogP contribution in [0.25, 0.3) is 0 Å². The van der Waals surface area contributed by atoms with Crippen molar-refractivity contribution in [1.82, 2.24) is 4.57 Å². The van der Waals surface area contributed by atoms with Crippen molar-refractivity contribution in [2.45, 2.75) is 12.7 Å². The first-order chi connectivity index (χ1) is 12.6. The molecule has 0 saturated heterocycles. The number of nitrogens with two attached hydrogens (primary N) is 1. The largest absolute Gasteiger partial charge is 0.465 e. The Bertz CT molecular complexity index is 964. The lowest BCUT2D eigenvalue weighted by atomic mass is 10.2. The first-order valence-electron chi connectivity index (χ1n) is 7.12. The quantitative estimate of drug-likeness (QED) is 0.732. The Morgan fingerprint density at radius 1 is 1.26 bits per heavy atom. The molecule has 0 atom stereocenters. The number of aromatic nitrogens is 1. The zero-order valence-electron chi connectivity index (χ0n) is 13.6. The number of rotatable bonds is 5. The lowest BCUT2D eigenvalue weighted by Crippen LogP contribution is -2.36. The van der Waals surface area contributed by atoms with Crippen molar-refractivity contribution in [2.24, 2.45) is 5.73 Å². The van der Waals surface area contributed by atoms with Gasteiger partial charge in [-0.3, -0.25) is 19.0 Å². The number of anilines is 1. The minimum Gasteiger partial charge on any atom is -0.465 e. The van der Waals surface area contributed by atoms with Crippen LogP contribution in [0, 0.1) is 0 Å². The van der Waals surface area contributed by atoms with E-state index in [0.717, 1.165) is 18.4 Å². The average molecular weight is 403 g/mol. The molecule has 0 unspecified atom stereocenters. The van der Waals surface area contributed by atoms with Crippen molar-refractivity contribution >= 4 is 34.8 Å². The van der Waals surface area contributed by atoms with Gasteiger partial charge in [-0.2, -0.15) is 13.2 Å². The maximum Gasteiger partial charge on any atom is 0.431 e. The van der Waals surface area contributed by atoms with Crippen LogP contribution in [0.1, 0.15) is 25.7 Å². The fraction of sp³-hybridized carbons (Fsp3) is 0.200. The monoisotopic (exact) mass is 403 g/mol. The van der Waals surface area contributed by atoms with E-state index in [9.17, 15) is 32.3 Å². The molecule has 2 rings (SSSR count). The molecule has 2 heterocycles. The van der Waals surface area contributed by atoms with Gasteiger partial charge >= 0.3 is 12.1 Å². The molecule has 144 valence electrons. The number of nitrogens with one attached hydrogen (secondary N) is 1. The molecule has 8 nitrogen and oxygen atoms in total. The summed E-state index contributed by atoms with van der Waals surface area (Å²) >= 11 is 0.948. The van der Waals surface area contributed by atoms with Crippen LogP contribution in [0.2, 0.25) is 0 Å². The number of nitrogens with zero attached hydrogens (tertiary/aromatic N) is 1. The van der Waals surface area contributed by atoms with Crippen LogP contribution in [0.4, 0.5) is 18.9 Å². The Morgan fingerprint density at radius 2 is 1.93 bits per heavy atom. The number of carbonyl (C=O) groups is 3. The molecule has 27 heavy (non-hydrogen) atoms. The number of ether oxygens (including phenoxy) is 1. The molecule has 2 aromatic rings. The van der Waals surface area contributed by atoms with E-state index in [1.807, 2.05) is 0 Å². The molecule has 0 aliphatic carbocycles. The third kappa shape index (κ3) is 4.34. The molecule has 0 radical (unpaired) electrons. The molecule has 3 N–H and O–H groups in total. The summed E-state index contributed by atoms with van der Waals surface area (Å²) in [5.41, 5.74) is 1.51. The summed E-state index contributed by atoms with van der Waals surface area (Å²) in [4.78, 5) is 47.1. The number of hydrogen-bond acceptors (Lipinski definition) is 6. The molecule has 2 amide bonds. The smallest absolute Gasteiger partial charge is 0.431 e. The van der Waals surface area contributed by atoms with Crippen molar-refractivity contribution in [2.75, 3.05) is 12.4 Å². The number of primary amides is 1. The summed E-state index contributed by atoms with van der Waals surface area (Å²) in [6, 6.07) is 2.48. The fourth-order valence-electron chi connectivity index (χ4n) is 2.16. The number of hydrogen-bond donors (Lipinski definition) is 2. The molecule has 0 saturated carbocycles. The summed E-state index contributed by atoms with van der Waals surface area (Å²) in [6.45, 7) is -1.05. The van der Waals surface area contributed by atoms with Crippen LogP contribution < -0.4 is 16.6 Å². The van der Waals surface area contributed by atoms with Gasteiger partial charge in [0.1, 0.15) is 22.7 Å². The minimum atomic E-state index is -4.95. The lowest BCUT2D eigenvalue weighted by Gasteiger charge is -2.16. The van der Waals surface area contributed by atoms with Gasteiger partial charge < -0.3 is 15.8 Å². The SMILES string of the molecule is COC(=O)c1sccc1NC(=O)Cn1c(C(F)(F)F)ccc(C(N)=O)c1=O. The zero-order valence-corrected chi connectivity index (χ0v) is 14.4. The second kappa shape index (κ2) is 7.61. The maximum atomic E-state index is 13.1. The van der Waals surface area contributed by atoms with Gasteiger partial charge in [0.15, 0.2) is 0 Å². The Balaban J connectivity index is 2.39. The molecular formula is C15H12F3N3O5S. The van der Waals surface area contributed by atoms with Gasteiger partial charge in [-0.15, -0.1) is 11.3 Å². The van der Waals surface area contributed by atoms with Crippen molar-refractivity contribution in [1.29, 1.82) is 0 Å². The number of esters is 1. The van der Waals surface area contributed by atoms with E-state index in [-0.39, 0.29) is 15.1 Å². The highest BCUT2D eigenvalue weighted by atomic mass is 32.1. The van der Waals surface area contributed by atoms with Crippen molar-refractivity contribution < 1.29 is 32.3 Å². The highest BCUT2D eigenvalue weighted by Crippen LogP contribution is 2.28. The normalized spacial score (nSPS) is 11.1. The van der Waals surface area contributed by atoms with Gasteiger partial charge in [0.25, 0.3) is 11.5 Å². The number of alkyl halides is 3. The van der Waals surface area contributed by atoms with E-state index in [0.29, 0.717) is 12.1 Å².